The quantitative estimate of drug-likeness (QED) is 0.780. The van der Waals surface area contributed by atoms with E-state index in [1.807, 2.05) is 26.8 Å². The largest absolute Gasteiger partial charge is 0.493 e. The predicted octanol–water partition coefficient (Wildman–Crippen LogP) is 3.36. The van der Waals surface area contributed by atoms with Crippen LogP contribution in [0.5, 0.6) is 11.5 Å². The summed E-state index contributed by atoms with van der Waals surface area (Å²) in [5, 5.41) is 11.4. The molecule has 162 valence electrons. The number of fused-ring (bicyclic) bond motifs is 3. The summed E-state index contributed by atoms with van der Waals surface area (Å²) in [6.45, 7) is 8.94. The third-order valence-corrected chi connectivity index (χ3v) is 6.41. The van der Waals surface area contributed by atoms with Crippen LogP contribution in [0.2, 0.25) is 5.02 Å². The van der Waals surface area contributed by atoms with Crippen LogP contribution in [-0.2, 0) is 15.9 Å². The summed E-state index contributed by atoms with van der Waals surface area (Å²) in [4.78, 5) is 2.39. The van der Waals surface area contributed by atoms with E-state index in [2.05, 4.69) is 4.90 Å². The van der Waals surface area contributed by atoms with Crippen LogP contribution in [0, 0.1) is 0 Å². The van der Waals surface area contributed by atoms with Crippen molar-refractivity contribution in [1.82, 2.24) is 4.90 Å². The minimum atomic E-state index is -0.516. The molecule has 3 aliphatic heterocycles. The molecule has 2 saturated heterocycles. The maximum Gasteiger partial charge on any atom is 0.180 e. The lowest BCUT2D eigenvalue weighted by atomic mass is 9.84. The summed E-state index contributed by atoms with van der Waals surface area (Å²) in [6.07, 6.45) is 1.90. The van der Waals surface area contributed by atoms with E-state index in [1.165, 1.54) is 0 Å². The molecule has 1 N–H and O–H groups in total. The van der Waals surface area contributed by atoms with Gasteiger partial charge < -0.3 is 24.1 Å². The van der Waals surface area contributed by atoms with E-state index in [1.54, 1.807) is 7.11 Å². The zero-order valence-corrected chi connectivity index (χ0v) is 18.5. The summed E-state index contributed by atoms with van der Waals surface area (Å²) >= 11 is 6.79. The van der Waals surface area contributed by atoms with Crippen LogP contribution in [0.3, 0.4) is 0 Å². The number of rotatable bonds is 5. The molecule has 4 atom stereocenters. The molecule has 0 radical (unpaired) electrons. The van der Waals surface area contributed by atoms with Crippen molar-refractivity contribution in [2.24, 2.45) is 0 Å². The Bertz CT molecular complexity index is 746. The van der Waals surface area contributed by atoms with Gasteiger partial charge in [-0.15, -0.1) is 0 Å². The maximum absolute atomic E-state index is 10.8. The van der Waals surface area contributed by atoms with Gasteiger partial charge in [-0.05, 0) is 50.8 Å². The number of aliphatic hydroxyl groups excluding tert-OH is 1. The third kappa shape index (κ3) is 4.37. The zero-order chi connectivity index (χ0) is 20.8. The highest BCUT2D eigenvalue weighted by molar-refractivity contribution is 6.33. The number of benzene rings is 1. The molecule has 0 bridgehead atoms. The number of piperidine rings is 1. The van der Waals surface area contributed by atoms with E-state index in [-0.39, 0.29) is 23.9 Å². The molecule has 29 heavy (non-hydrogen) atoms. The first-order valence-corrected chi connectivity index (χ1v) is 10.9. The fourth-order valence-corrected chi connectivity index (χ4v) is 4.85. The first-order chi connectivity index (χ1) is 13.8. The molecule has 6 nitrogen and oxygen atoms in total. The number of aliphatic hydroxyl groups is 1. The molecule has 0 saturated carbocycles. The Hall–Kier alpha value is -1.05. The van der Waals surface area contributed by atoms with Gasteiger partial charge in [0.05, 0.1) is 36.0 Å². The van der Waals surface area contributed by atoms with Crippen LogP contribution in [-0.4, -0.2) is 67.3 Å². The third-order valence-electron chi connectivity index (χ3n) is 6.01. The Labute approximate surface area is 178 Å². The SMILES string of the molecule is COc1cc2c(c(Cl)c1OC[C@@H]1CCO1)CCN1C[C@@H](OC(C)(C)C)[C@H](O)C[C@H]21. The Morgan fingerprint density at radius 1 is 1.34 bits per heavy atom. The first kappa shape index (κ1) is 21.2. The van der Waals surface area contributed by atoms with Gasteiger partial charge in [0.25, 0.3) is 0 Å². The van der Waals surface area contributed by atoms with Crippen molar-refractivity contribution in [2.75, 3.05) is 33.4 Å². The Kier molecular flexibility index (Phi) is 6.02. The number of halogens is 1. The number of nitrogens with zero attached hydrogens (tertiary/aromatic N) is 1. The summed E-state index contributed by atoms with van der Waals surface area (Å²) in [5.74, 6) is 1.24. The van der Waals surface area contributed by atoms with Crippen LogP contribution >= 0.6 is 11.6 Å². The fraction of sp³-hybridized carbons (Fsp3) is 0.727. The molecule has 0 unspecified atom stereocenters. The first-order valence-electron chi connectivity index (χ1n) is 10.5. The normalized spacial score (nSPS) is 29.6. The molecule has 0 aromatic heterocycles. The van der Waals surface area contributed by atoms with Crippen molar-refractivity contribution in [3.05, 3.63) is 22.2 Å². The van der Waals surface area contributed by atoms with Crippen molar-refractivity contribution >= 4 is 11.6 Å². The van der Waals surface area contributed by atoms with E-state index in [0.717, 1.165) is 37.1 Å². The highest BCUT2D eigenvalue weighted by atomic mass is 35.5. The number of methoxy groups -OCH3 is 1. The molecule has 1 aromatic rings. The van der Waals surface area contributed by atoms with Gasteiger partial charge in [0.1, 0.15) is 6.61 Å². The topological polar surface area (TPSA) is 60.4 Å². The molecule has 0 spiro atoms. The molecule has 2 fully saturated rings. The lowest BCUT2D eigenvalue weighted by Crippen LogP contribution is -2.53. The van der Waals surface area contributed by atoms with E-state index >= 15 is 0 Å². The number of ether oxygens (including phenoxy) is 4. The molecular weight excluding hydrogens is 394 g/mol. The highest BCUT2D eigenvalue weighted by Gasteiger charge is 2.41. The van der Waals surface area contributed by atoms with Gasteiger partial charge in [0.15, 0.2) is 11.5 Å². The van der Waals surface area contributed by atoms with Crippen molar-refractivity contribution in [3.8, 4) is 11.5 Å². The maximum atomic E-state index is 10.8. The van der Waals surface area contributed by atoms with Gasteiger partial charge in [0, 0.05) is 32.2 Å². The summed E-state index contributed by atoms with van der Waals surface area (Å²) < 4.78 is 23.2. The summed E-state index contributed by atoms with van der Waals surface area (Å²) in [7, 11) is 1.63. The average Bonchev–Trinajstić information content (AvgIpc) is 2.61. The fourth-order valence-electron chi connectivity index (χ4n) is 4.50. The molecule has 0 aliphatic carbocycles. The smallest absolute Gasteiger partial charge is 0.180 e. The van der Waals surface area contributed by atoms with Gasteiger partial charge in [-0.3, -0.25) is 4.90 Å². The van der Waals surface area contributed by atoms with Crippen LogP contribution in [0.25, 0.3) is 0 Å². The molecule has 3 aliphatic rings. The van der Waals surface area contributed by atoms with Gasteiger partial charge in [0.2, 0.25) is 0 Å². The Balaban J connectivity index is 1.57. The minimum absolute atomic E-state index is 0.101. The molecule has 1 aromatic carbocycles. The average molecular weight is 426 g/mol. The second-order valence-corrected chi connectivity index (χ2v) is 9.59. The molecular formula is C22H32ClNO5. The van der Waals surface area contributed by atoms with Crippen LogP contribution in [0.4, 0.5) is 0 Å². The molecule has 0 amide bonds. The van der Waals surface area contributed by atoms with Gasteiger partial charge in [-0.1, -0.05) is 11.6 Å². The van der Waals surface area contributed by atoms with E-state index < -0.39 is 6.10 Å². The predicted molar refractivity (Wildman–Crippen MR) is 111 cm³/mol. The van der Waals surface area contributed by atoms with Crippen molar-refractivity contribution in [2.45, 2.75) is 70.0 Å². The number of hydrogen-bond acceptors (Lipinski definition) is 6. The van der Waals surface area contributed by atoms with Crippen LogP contribution in [0.15, 0.2) is 6.07 Å². The van der Waals surface area contributed by atoms with Crippen LogP contribution in [0.1, 0.15) is 50.8 Å². The van der Waals surface area contributed by atoms with Crippen LogP contribution < -0.4 is 9.47 Å². The number of hydrogen-bond donors (Lipinski definition) is 1. The van der Waals surface area contributed by atoms with E-state index in [4.69, 9.17) is 30.5 Å². The van der Waals surface area contributed by atoms with Gasteiger partial charge in [-0.2, -0.15) is 0 Å². The van der Waals surface area contributed by atoms with Crippen molar-refractivity contribution < 1.29 is 24.1 Å². The Morgan fingerprint density at radius 3 is 2.72 bits per heavy atom. The highest BCUT2D eigenvalue weighted by Crippen LogP contribution is 2.47. The van der Waals surface area contributed by atoms with E-state index in [9.17, 15) is 5.11 Å². The molecule has 3 heterocycles. The monoisotopic (exact) mass is 425 g/mol. The minimum Gasteiger partial charge on any atom is -0.493 e. The molecule has 7 heteroatoms. The lowest BCUT2D eigenvalue weighted by molar-refractivity contribution is -0.149. The summed E-state index contributed by atoms with van der Waals surface area (Å²) in [5.41, 5.74) is 1.94. The molecule has 4 rings (SSSR count). The zero-order valence-electron chi connectivity index (χ0n) is 17.7. The second kappa shape index (κ2) is 8.23. The second-order valence-electron chi connectivity index (χ2n) is 9.21. The van der Waals surface area contributed by atoms with Gasteiger partial charge in [-0.25, -0.2) is 0 Å². The van der Waals surface area contributed by atoms with Gasteiger partial charge >= 0.3 is 0 Å². The summed E-state index contributed by atoms with van der Waals surface area (Å²) in [6, 6.07) is 2.14. The lowest BCUT2D eigenvalue weighted by Gasteiger charge is -2.47. The van der Waals surface area contributed by atoms with E-state index in [0.29, 0.717) is 36.1 Å². The standard InChI is InChI=1S/C22H32ClNO5/c1-22(2,3)29-19-11-24-7-5-14-15(16(24)10-17(19)25)9-18(26-4)21(20(14)23)28-12-13-6-8-27-13/h9,13,16-17,19,25H,5-8,10-12H2,1-4H3/t13-,16+,17+,19+/m0/s1. The Morgan fingerprint density at radius 2 is 2.10 bits per heavy atom. The van der Waals surface area contributed by atoms with Crippen molar-refractivity contribution in [3.63, 3.8) is 0 Å². The van der Waals surface area contributed by atoms with Crippen molar-refractivity contribution in [1.29, 1.82) is 0 Å².